The Balaban J connectivity index is 1.59. The zero-order valence-electron chi connectivity index (χ0n) is 15.0. The van der Waals surface area contributed by atoms with E-state index in [1.165, 1.54) is 0 Å². The molecule has 0 fully saturated rings. The van der Waals surface area contributed by atoms with Crippen LogP contribution in [-0.2, 0) is 13.2 Å². The van der Waals surface area contributed by atoms with Crippen LogP contribution in [0.2, 0.25) is 0 Å². The molecule has 0 atom stereocenters. The molecule has 0 bridgehead atoms. The van der Waals surface area contributed by atoms with Crippen molar-refractivity contribution in [1.29, 1.82) is 0 Å². The molecule has 0 unspecified atom stereocenters. The lowest BCUT2D eigenvalue weighted by Gasteiger charge is -2.12. The van der Waals surface area contributed by atoms with Gasteiger partial charge in [-0.1, -0.05) is 42.5 Å². The molecule has 27 heavy (non-hydrogen) atoms. The Bertz CT molecular complexity index is 850. The number of methoxy groups -OCH3 is 1. The van der Waals surface area contributed by atoms with Crippen molar-refractivity contribution in [2.24, 2.45) is 0 Å². The van der Waals surface area contributed by atoms with E-state index in [4.69, 9.17) is 14.2 Å². The van der Waals surface area contributed by atoms with E-state index >= 15 is 0 Å². The third-order valence-corrected chi connectivity index (χ3v) is 4.07. The second-order valence-corrected chi connectivity index (χ2v) is 5.98. The van der Waals surface area contributed by atoms with E-state index in [1.807, 2.05) is 54.6 Å². The fourth-order valence-corrected chi connectivity index (χ4v) is 2.61. The van der Waals surface area contributed by atoms with E-state index in [1.54, 1.807) is 25.3 Å². The van der Waals surface area contributed by atoms with Crippen molar-refractivity contribution in [3.8, 4) is 17.2 Å². The summed E-state index contributed by atoms with van der Waals surface area (Å²) >= 11 is 0. The van der Waals surface area contributed by atoms with Gasteiger partial charge in [0.15, 0.2) is 0 Å². The Morgan fingerprint density at radius 3 is 2.00 bits per heavy atom. The van der Waals surface area contributed by atoms with Crippen molar-refractivity contribution >= 4 is 12.6 Å². The van der Waals surface area contributed by atoms with Gasteiger partial charge in [-0.2, -0.15) is 0 Å². The lowest BCUT2D eigenvalue weighted by Crippen LogP contribution is -2.30. The van der Waals surface area contributed by atoms with Gasteiger partial charge in [-0.25, -0.2) is 0 Å². The molecular weight excluding hydrogens is 343 g/mol. The van der Waals surface area contributed by atoms with Crippen molar-refractivity contribution in [3.05, 3.63) is 83.9 Å². The minimum absolute atomic E-state index is 0.244. The highest BCUT2D eigenvalue weighted by atomic mass is 16.5. The molecule has 0 radical (unpaired) electrons. The van der Waals surface area contributed by atoms with Crippen molar-refractivity contribution in [2.45, 2.75) is 13.2 Å². The molecule has 0 aliphatic carbocycles. The van der Waals surface area contributed by atoms with Crippen LogP contribution in [0, 0.1) is 0 Å². The van der Waals surface area contributed by atoms with E-state index in [9.17, 15) is 10.0 Å². The first kappa shape index (κ1) is 18.8. The maximum atomic E-state index is 9.32. The molecule has 6 heteroatoms. The molecule has 0 saturated heterocycles. The van der Waals surface area contributed by atoms with E-state index in [2.05, 4.69) is 0 Å². The Kier molecular flexibility index (Phi) is 6.36. The molecular formula is C21H21BO5. The predicted octanol–water partition coefficient (Wildman–Crippen LogP) is 2.53. The van der Waals surface area contributed by atoms with E-state index < -0.39 is 7.12 Å². The molecule has 2 N–H and O–H groups in total. The highest BCUT2D eigenvalue weighted by Gasteiger charge is 2.14. The van der Waals surface area contributed by atoms with Crippen LogP contribution < -0.4 is 19.7 Å². The zero-order chi connectivity index (χ0) is 19.1. The van der Waals surface area contributed by atoms with Gasteiger partial charge in [-0.15, -0.1) is 0 Å². The second kappa shape index (κ2) is 9.12. The van der Waals surface area contributed by atoms with Gasteiger partial charge in [-0.3, -0.25) is 0 Å². The number of ether oxygens (including phenoxy) is 3. The third kappa shape index (κ3) is 5.26. The smallest absolute Gasteiger partial charge is 0.488 e. The van der Waals surface area contributed by atoms with Crippen molar-refractivity contribution < 1.29 is 24.3 Å². The van der Waals surface area contributed by atoms with Gasteiger partial charge in [0.2, 0.25) is 0 Å². The Morgan fingerprint density at radius 2 is 1.41 bits per heavy atom. The topological polar surface area (TPSA) is 68.2 Å². The summed E-state index contributed by atoms with van der Waals surface area (Å²) in [4.78, 5) is 0. The number of benzene rings is 3. The maximum absolute atomic E-state index is 9.32. The van der Waals surface area contributed by atoms with Gasteiger partial charge in [-0.05, 0) is 41.4 Å². The summed E-state index contributed by atoms with van der Waals surface area (Å²) in [6.45, 7) is 0.752. The molecule has 0 saturated carbocycles. The molecule has 3 aromatic rings. The average molecular weight is 364 g/mol. The maximum Gasteiger partial charge on any atom is 0.488 e. The van der Waals surface area contributed by atoms with Crippen LogP contribution in [0.3, 0.4) is 0 Å². The summed E-state index contributed by atoms with van der Waals surface area (Å²) in [5.74, 6) is 2.07. The summed E-state index contributed by atoms with van der Waals surface area (Å²) < 4.78 is 16.8. The average Bonchev–Trinajstić information content (AvgIpc) is 2.72. The molecule has 3 rings (SSSR count). The van der Waals surface area contributed by atoms with Crippen LogP contribution in [0.5, 0.6) is 17.2 Å². The number of hydrogen-bond acceptors (Lipinski definition) is 5. The van der Waals surface area contributed by atoms with E-state index in [0.29, 0.717) is 23.6 Å². The molecule has 138 valence electrons. The lowest BCUT2D eigenvalue weighted by molar-refractivity contribution is 0.292. The first-order valence-electron chi connectivity index (χ1n) is 8.58. The highest BCUT2D eigenvalue weighted by Crippen LogP contribution is 2.22. The van der Waals surface area contributed by atoms with Crippen LogP contribution in [0.25, 0.3) is 0 Å². The zero-order valence-corrected chi connectivity index (χ0v) is 15.0. The van der Waals surface area contributed by atoms with Crippen LogP contribution in [0.1, 0.15) is 11.1 Å². The Morgan fingerprint density at radius 1 is 0.778 bits per heavy atom. The van der Waals surface area contributed by atoms with Gasteiger partial charge in [0.05, 0.1) is 7.11 Å². The van der Waals surface area contributed by atoms with Gasteiger partial charge in [0, 0.05) is 5.56 Å². The lowest BCUT2D eigenvalue weighted by atomic mass is 9.79. The highest BCUT2D eigenvalue weighted by molar-refractivity contribution is 6.58. The summed E-state index contributed by atoms with van der Waals surface area (Å²) in [7, 11) is 0.0305. The standard InChI is InChI=1S/C21H21BO5/c1-25-21-12-7-18(22(23)24)13-17(21)15-27-20-10-8-19(9-11-20)26-14-16-5-3-2-4-6-16/h2-13,23-24H,14-15H2,1H3. The van der Waals surface area contributed by atoms with Crippen molar-refractivity contribution in [3.63, 3.8) is 0 Å². The van der Waals surface area contributed by atoms with Crippen LogP contribution in [-0.4, -0.2) is 24.3 Å². The monoisotopic (exact) mass is 364 g/mol. The number of rotatable bonds is 8. The van der Waals surface area contributed by atoms with E-state index in [0.717, 1.165) is 16.9 Å². The quantitative estimate of drug-likeness (QED) is 0.602. The summed E-state index contributed by atoms with van der Waals surface area (Å²) in [5.41, 5.74) is 2.22. The van der Waals surface area contributed by atoms with Gasteiger partial charge < -0.3 is 24.3 Å². The van der Waals surface area contributed by atoms with Crippen molar-refractivity contribution in [2.75, 3.05) is 7.11 Å². The number of hydrogen-bond donors (Lipinski definition) is 2. The third-order valence-electron chi connectivity index (χ3n) is 4.07. The molecule has 0 spiro atoms. The van der Waals surface area contributed by atoms with Crippen LogP contribution in [0.15, 0.2) is 72.8 Å². The van der Waals surface area contributed by atoms with Gasteiger partial charge >= 0.3 is 7.12 Å². The molecule has 0 aromatic heterocycles. The summed E-state index contributed by atoms with van der Waals surface area (Å²) in [5, 5.41) is 18.6. The minimum Gasteiger partial charge on any atom is -0.496 e. The molecule has 0 aliphatic rings. The van der Waals surface area contributed by atoms with Crippen LogP contribution in [0.4, 0.5) is 0 Å². The molecule has 0 aliphatic heterocycles. The molecule has 0 heterocycles. The SMILES string of the molecule is COc1ccc(B(O)O)cc1COc1ccc(OCc2ccccc2)cc1. The summed E-state index contributed by atoms with van der Waals surface area (Å²) in [6, 6.07) is 22.3. The molecule has 0 amide bonds. The Hall–Kier alpha value is -2.96. The second-order valence-electron chi connectivity index (χ2n) is 5.98. The minimum atomic E-state index is -1.53. The van der Waals surface area contributed by atoms with Gasteiger partial charge in [0.25, 0.3) is 0 Å². The first-order chi connectivity index (χ1) is 13.2. The molecule has 3 aromatic carbocycles. The summed E-state index contributed by atoms with van der Waals surface area (Å²) in [6.07, 6.45) is 0. The largest absolute Gasteiger partial charge is 0.496 e. The fraction of sp³-hybridized carbons (Fsp3) is 0.143. The van der Waals surface area contributed by atoms with Gasteiger partial charge in [0.1, 0.15) is 30.5 Å². The Labute approximate surface area is 158 Å². The predicted molar refractivity (Wildman–Crippen MR) is 104 cm³/mol. The van der Waals surface area contributed by atoms with Crippen molar-refractivity contribution in [1.82, 2.24) is 0 Å². The molecule has 5 nitrogen and oxygen atoms in total. The fourth-order valence-electron chi connectivity index (χ4n) is 2.61. The van der Waals surface area contributed by atoms with Crippen LogP contribution >= 0.6 is 0 Å². The van der Waals surface area contributed by atoms with E-state index in [-0.39, 0.29) is 6.61 Å². The normalized spacial score (nSPS) is 10.3. The first-order valence-corrected chi connectivity index (χ1v) is 8.58.